The molecule has 3 aromatic heterocycles. The molecule has 5 heterocycles. The molecule has 0 aliphatic carbocycles. The third-order valence-corrected chi connectivity index (χ3v) is 6.94. The molecule has 2 aliphatic heterocycles. The van der Waals surface area contributed by atoms with Crippen molar-refractivity contribution >= 4 is 17.2 Å². The largest absolute Gasteiger partial charge is 0.337 e. The third-order valence-electron chi connectivity index (χ3n) is 6.05. The van der Waals surface area contributed by atoms with Crippen LogP contribution in [0.5, 0.6) is 0 Å². The normalized spacial score (nSPS) is 16.6. The number of hydrogen-bond donors (Lipinski definition) is 0. The van der Waals surface area contributed by atoms with Gasteiger partial charge in [-0.05, 0) is 45.6 Å². The van der Waals surface area contributed by atoms with E-state index in [0.717, 1.165) is 42.3 Å². The van der Waals surface area contributed by atoms with E-state index in [1.54, 1.807) is 6.33 Å². The van der Waals surface area contributed by atoms with Crippen molar-refractivity contribution in [2.75, 3.05) is 19.6 Å². The molecule has 1 saturated heterocycles. The first-order valence-electron chi connectivity index (χ1n) is 11.2. The zero-order valence-corrected chi connectivity index (χ0v) is 20.2. The summed E-state index contributed by atoms with van der Waals surface area (Å²) in [6, 6.07) is 1.97. The summed E-state index contributed by atoms with van der Waals surface area (Å²) in [4.78, 5) is 27.2. The molecule has 2 aliphatic rings. The molecule has 9 heteroatoms. The summed E-state index contributed by atoms with van der Waals surface area (Å²) in [5.74, 6) is 1.12. The Morgan fingerprint density at radius 1 is 1.24 bits per heavy atom. The van der Waals surface area contributed by atoms with Crippen LogP contribution in [0.25, 0.3) is 17.2 Å². The molecule has 33 heavy (non-hydrogen) atoms. The Hall–Kier alpha value is -3.04. The minimum absolute atomic E-state index is 0.0108. The van der Waals surface area contributed by atoms with Gasteiger partial charge in [-0.3, -0.25) is 14.3 Å². The van der Waals surface area contributed by atoms with Crippen molar-refractivity contribution in [1.29, 1.82) is 0 Å². The smallest absolute Gasteiger partial charge is 0.266 e. The van der Waals surface area contributed by atoms with E-state index in [2.05, 4.69) is 54.9 Å². The average molecular weight is 465 g/mol. The number of allylic oxidation sites excluding steroid dienone is 2. The molecular weight excluding hydrogens is 436 g/mol. The van der Waals surface area contributed by atoms with Gasteiger partial charge in [-0.15, -0.1) is 11.3 Å². The fraction of sp³-hybridized carbons (Fsp3) is 0.417. The highest BCUT2D eigenvalue weighted by atomic mass is 32.1. The summed E-state index contributed by atoms with van der Waals surface area (Å²) in [5.41, 5.74) is 5.08. The van der Waals surface area contributed by atoms with Crippen molar-refractivity contribution in [3.8, 4) is 17.2 Å². The van der Waals surface area contributed by atoms with Crippen LogP contribution in [0.15, 0.2) is 45.6 Å². The molecular formula is C24H28N6O2S. The van der Waals surface area contributed by atoms with Crippen LogP contribution >= 0.6 is 11.3 Å². The summed E-state index contributed by atoms with van der Waals surface area (Å²) in [6.45, 7) is 11.3. The van der Waals surface area contributed by atoms with Crippen LogP contribution in [0, 0.1) is 0 Å². The van der Waals surface area contributed by atoms with Gasteiger partial charge >= 0.3 is 0 Å². The Kier molecular flexibility index (Phi) is 5.76. The van der Waals surface area contributed by atoms with Crippen LogP contribution < -0.4 is 0 Å². The molecule has 8 nitrogen and oxygen atoms in total. The van der Waals surface area contributed by atoms with E-state index in [4.69, 9.17) is 9.51 Å². The maximum absolute atomic E-state index is 13.0. The fourth-order valence-electron chi connectivity index (χ4n) is 4.17. The molecule has 0 saturated carbocycles. The second kappa shape index (κ2) is 8.72. The number of amides is 1. The maximum Gasteiger partial charge on any atom is 0.266 e. The summed E-state index contributed by atoms with van der Waals surface area (Å²) < 4.78 is 7.66. The Morgan fingerprint density at radius 2 is 2.00 bits per heavy atom. The highest BCUT2D eigenvalue weighted by molar-refractivity contribution is 7.12. The average Bonchev–Trinajstić information content (AvgIpc) is 3.47. The molecule has 3 aromatic rings. The van der Waals surface area contributed by atoms with Gasteiger partial charge in [0.2, 0.25) is 11.7 Å². The lowest BCUT2D eigenvalue weighted by molar-refractivity contribution is 0.0466. The zero-order valence-electron chi connectivity index (χ0n) is 19.4. The van der Waals surface area contributed by atoms with Gasteiger partial charge in [0.25, 0.3) is 5.91 Å². The second-order valence-corrected chi connectivity index (χ2v) is 9.97. The molecule has 0 bridgehead atoms. The first-order valence-corrected chi connectivity index (χ1v) is 12.1. The third kappa shape index (κ3) is 4.06. The number of thiophene rings is 1. The van der Waals surface area contributed by atoms with Crippen molar-refractivity contribution in [2.24, 2.45) is 0 Å². The number of fused-ring (bicyclic) bond motifs is 5. The molecule has 0 spiro atoms. The van der Waals surface area contributed by atoms with Gasteiger partial charge in [-0.25, -0.2) is 4.98 Å². The number of nitrogens with zero attached hydrogens (tertiary/aromatic N) is 6. The Balaban J connectivity index is 1.44. The Labute approximate surface area is 197 Å². The minimum atomic E-state index is -0.0108. The van der Waals surface area contributed by atoms with Crippen molar-refractivity contribution in [2.45, 2.75) is 46.7 Å². The van der Waals surface area contributed by atoms with E-state index in [1.807, 2.05) is 20.9 Å². The van der Waals surface area contributed by atoms with Gasteiger partial charge in [0, 0.05) is 19.6 Å². The molecule has 1 amide bonds. The van der Waals surface area contributed by atoms with E-state index in [1.165, 1.54) is 22.5 Å². The number of aromatic nitrogens is 4. The summed E-state index contributed by atoms with van der Waals surface area (Å²) in [7, 11) is 0. The monoisotopic (exact) mass is 464 g/mol. The van der Waals surface area contributed by atoms with E-state index >= 15 is 0 Å². The number of carbonyl (C=O) groups is 1. The highest BCUT2D eigenvalue weighted by Gasteiger charge is 2.42. The van der Waals surface area contributed by atoms with Gasteiger partial charge in [-0.2, -0.15) is 4.98 Å². The number of imidazole rings is 1. The lowest BCUT2D eigenvalue weighted by Gasteiger charge is -2.39. The van der Waals surface area contributed by atoms with Gasteiger partial charge in [0.1, 0.15) is 16.9 Å². The van der Waals surface area contributed by atoms with Crippen LogP contribution in [0.3, 0.4) is 0 Å². The highest BCUT2D eigenvalue weighted by Crippen LogP contribution is 2.44. The molecule has 1 fully saturated rings. The molecule has 0 radical (unpaired) electrons. The topological polar surface area (TPSA) is 80.3 Å². The Morgan fingerprint density at radius 3 is 2.67 bits per heavy atom. The van der Waals surface area contributed by atoms with Crippen LogP contribution in [0.1, 0.15) is 61.4 Å². The molecule has 0 N–H and O–H groups in total. The quantitative estimate of drug-likeness (QED) is 0.475. The molecule has 5 rings (SSSR count). The van der Waals surface area contributed by atoms with E-state index in [9.17, 15) is 4.79 Å². The van der Waals surface area contributed by atoms with Crippen LogP contribution in [0.4, 0.5) is 0 Å². The lowest BCUT2D eigenvalue weighted by Crippen LogP contribution is -2.44. The van der Waals surface area contributed by atoms with E-state index < -0.39 is 0 Å². The van der Waals surface area contributed by atoms with Gasteiger partial charge in [-0.1, -0.05) is 28.5 Å². The second-order valence-electron chi connectivity index (χ2n) is 9.06. The van der Waals surface area contributed by atoms with Crippen LogP contribution in [-0.2, 0) is 6.54 Å². The predicted octanol–water partition coefficient (Wildman–Crippen LogP) is 4.62. The van der Waals surface area contributed by atoms with Gasteiger partial charge < -0.3 is 9.42 Å². The van der Waals surface area contributed by atoms with E-state index in [0.29, 0.717) is 24.0 Å². The van der Waals surface area contributed by atoms with Crippen LogP contribution in [0.2, 0.25) is 0 Å². The van der Waals surface area contributed by atoms with Crippen molar-refractivity contribution < 1.29 is 9.32 Å². The first kappa shape index (κ1) is 21.8. The van der Waals surface area contributed by atoms with Crippen molar-refractivity contribution in [3.63, 3.8) is 0 Å². The summed E-state index contributed by atoms with van der Waals surface area (Å²) >= 11 is 1.47. The SMILES string of the molecule is CC(C)=CCN(CC=C(C)C)Cc1nc(-c2ncn3c2[C@@H]2CCN2C(=O)c2sccc2-3)no1. The molecule has 0 aromatic carbocycles. The van der Waals surface area contributed by atoms with Crippen LogP contribution in [-0.4, -0.2) is 55.0 Å². The molecule has 1 atom stereocenters. The number of carbonyl (C=O) groups excluding carboxylic acids is 1. The number of rotatable bonds is 7. The predicted molar refractivity (Wildman–Crippen MR) is 127 cm³/mol. The zero-order chi connectivity index (χ0) is 23.1. The fourth-order valence-corrected chi connectivity index (χ4v) is 5.01. The summed E-state index contributed by atoms with van der Waals surface area (Å²) in [6.07, 6.45) is 7.08. The van der Waals surface area contributed by atoms with Crippen molar-refractivity contribution in [1.82, 2.24) is 29.5 Å². The summed E-state index contributed by atoms with van der Waals surface area (Å²) in [5, 5.41) is 6.22. The minimum Gasteiger partial charge on any atom is -0.337 e. The molecule has 0 unspecified atom stereocenters. The van der Waals surface area contributed by atoms with Gasteiger partial charge in [0.05, 0.1) is 24.0 Å². The van der Waals surface area contributed by atoms with Crippen molar-refractivity contribution in [3.05, 3.63) is 57.5 Å². The van der Waals surface area contributed by atoms with Gasteiger partial charge in [0.15, 0.2) is 0 Å². The standard InChI is InChI=1S/C24H28N6O2S/c1-15(2)5-9-28(10-6-16(3)4)13-19-26-23(27-32-19)20-21-17-7-11-29(17)24(31)22-18(8-12-33-22)30(21)14-25-20/h5-6,8,12,14,17H,7,9-11,13H2,1-4H3/t17-/m0/s1. The van der Waals surface area contributed by atoms with E-state index in [-0.39, 0.29) is 11.9 Å². The lowest BCUT2D eigenvalue weighted by atomic mass is 9.98. The first-order chi connectivity index (χ1) is 15.9. The maximum atomic E-state index is 13.0. The Bertz CT molecular complexity index is 1220. The number of hydrogen-bond acceptors (Lipinski definition) is 7. The molecule has 172 valence electrons.